The van der Waals surface area contributed by atoms with E-state index in [0.717, 1.165) is 12.8 Å². The van der Waals surface area contributed by atoms with Crippen molar-refractivity contribution in [1.82, 2.24) is 4.31 Å². The summed E-state index contributed by atoms with van der Waals surface area (Å²) in [6, 6.07) is 1.57. The first-order chi connectivity index (χ1) is 8.87. The molecule has 108 valence electrons. The number of hydrogen-bond acceptors (Lipinski definition) is 4. The van der Waals surface area contributed by atoms with Gasteiger partial charge in [-0.25, -0.2) is 8.42 Å². The van der Waals surface area contributed by atoms with Crippen molar-refractivity contribution in [3.05, 3.63) is 16.5 Å². The SMILES string of the molecule is CC(C)C1CCCN1S(=O)(=O)c1cc(CN)oc1Br. The lowest BCUT2D eigenvalue weighted by molar-refractivity contribution is 0.315. The second-order valence-corrected chi connectivity index (χ2v) is 7.70. The quantitative estimate of drug-likeness (QED) is 0.903. The molecule has 1 aliphatic rings. The maximum Gasteiger partial charge on any atom is 0.247 e. The zero-order valence-corrected chi connectivity index (χ0v) is 13.5. The second-order valence-electron chi connectivity index (χ2n) is 5.12. The summed E-state index contributed by atoms with van der Waals surface area (Å²) in [5.74, 6) is 0.766. The van der Waals surface area contributed by atoms with E-state index in [1.165, 1.54) is 6.07 Å². The molecule has 0 aromatic carbocycles. The van der Waals surface area contributed by atoms with Gasteiger partial charge in [-0.2, -0.15) is 4.31 Å². The number of nitrogens with two attached hydrogens (primary N) is 1. The van der Waals surface area contributed by atoms with Crippen molar-refractivity contribution in [2.75, 3.05) is 6.54 Å². The number of sulfonamides is 1. The Morgan fingerprint density at radius 3 is 2.79 bits per heavy atom. The summed E-state index contributed by atoms with van der Waals surface area (Å²) in [7, 11) is -3.52. The van der Waals surface area contributed by atoms with Crippen LogP contribution in [0.3, 0.4) is 0 Å². The van der Waals surface area contributed by atoms with Gasteiger partial charge in [0.2, 0.25) is 10.0 Å². The maximum absolute atomic E-state index is 12.7. The fourth-order valence-electron chi connectivity index (χ4n) is 2.53. The van der Waals surface area contributed by atoms with Gasteiger partial charge >= 0.3 is 0 Å². The number of hydrogen-bond donors (Lipinski definition) is 1. The summed E-state index contributed by atoms with van der Waals surface area (Å²) >= 11 is 3.17. The summed E-state index contributed by atoms with van der Waals surface area (Å²) in [6.07, 6.45) is 1.82. The summed E-state index contributed by atoms with van der Waals surface area (Å²) in [5.41, 5.74) is 5.48. The molecule has 2 N–H and O–H groups in total. The molecule has 1 aromatic rings. The Morgan fingerprint density at radius 1 is 1.58 bits per heavy atom. The smallest absolute Gasteiger partial charge is 0.247 e. The minimum Gasteiger partial charge on any atom is -0.452 e. The van der Waals surface area contributed by atoms with Gasteiger partial charge < -0.3 is 10.2 Å². The van der Waals surface area contributed by atoms with Crippen molar-refractivity contribution in [1.29, 1.82) is 0 Å². The van der Waals surface area contributed by atoms with Crippen molar-refractivity contribution in [3.63, 3.8) is 0 Å². The van der Waals surface area contributed by atoms with Crippen LogP contribution in [0.25, 0.3) is 0 Å². The fourth-order valence-corrected chi connectivity index (χ4v) is 5.32. The molecule has 1 unspecified atom stereocenters. The van der Waals surface area contributed by atoms with Crippen molar-refractivity contribution in [3.8, 4) is 0 Å². The second kappa shape index (κ2) is 5.55. The number of halogens is 1. The summed E-state index contributed by atoms with van der Waals surface area (Å²) in [6.45, 7) is 4.85. The monoisotopic (exact) mass is 350 g/mol. The zero-order chi connectivity index (χ0) is 14.2. The average Bonchev–Trinajstić information content (AvgIpc) is 2.94. The Balaban J connectivity index is 2.39. The fraction of sp³-hybridized carbons (Fsp3) is 0.667. The Bertz CT molecular complexity index is 553. The molecular weight excluding hydrogens is 332 g/mol. The predicted octanol–water partition coefficient (Wildman–Crippen LogP) is 2.31. The molecule has 1 aromatic heterocycles. The standard InChI is InChI=1S/C12H19BrN2O3S/c1-8(2)10-4-3-5-15(10)19(16,17)11-6-9(7-14)18-12(11)13/h6,8,10H,3-5,7,14H2,1-2H3. The third kappa shape index (κ3) is 2.74. The highest BCUT2D eigenvalue weighted by molar-refractivity contribution is 9.10. The Kier molecular flexibility index (Phi) is 4.39. The van der Waals surface area contributed by atoms with Crippen LogP contribution in [0.15, 0.2) is 20.0 Å². The van der Waals surface area contributed by atoms with Crippen LogP contribution in [0.1, 0.15) is 32.4 Å². The summed E-state index contributed by atoms with van der Waals surface area (Å²) in [5, 5.41) is 0. The summed E-state index contributed by atoms with van der Waals surface area (Å²) < 4.78 is 32.5. The first-order valence-electron chi connectivity index (χ1n) is 6.38. The zero-order valence-electron chi connectivity index (χ0n) is 11.1. The van der Waals surface area contributed by atoms with Crippen LogP contribution in [-0.2, 0) is 16.6 Å². The van der Waals surface area contributed by atoms with Crippen LogP contribution in [0.4, 0.5) is 0 Å². The molecule has 0 amide bonds. The molecule has 1 atom stereocenters. The van der Waals surface area contributed by atoms with Crippen LogP contribution < -0.4 is 5.73 Å². The molecule has 0 spiro atoms. The highest BCUT2D eigenvalue weighted by atomic mass is 79.9. The molecule has 19 heavy (non-hydrogen) atoms. The Hall–Kier alpha value is -0.370. The average molecular weight is 351 g/mol. The molecule has 1 saturated heterocycles. The van der Waals surface area contributed by atoms with Gasteiger partial charge in [0.1, 0.15) is 10.7 Å². The lowest BCUT2D eigenvalue weighted by Gasteiger charge is -2.26. The van der Waals surface area contributed by atoms with Crippen LogP contribution in [-0.4, -0.2) is 25.3 Å². The predicted molar refractivity (Wildman–Crippen MR) is 76.1 cm³/mol. The van der Waals surface area contributed by atoms with E-state index in [0.29, 0.717) is 18.2 Å². The Labute approximate surface area is 122 Å². The highest BCUT2D eigenvalue weighted by Gasteiger charge is 2.38. The van der Waals surface area contributed by atoms with E-state index in [9.17, 15) is 8.42 Å². The first-order valence-corrected chi connectivity index (χ1v) is 8.61. The lowest BCUT2D eigenvalue weighted by atomic mass is 10.0. The van der Waals surface area contributed by atoms with Gasteiger partial charge in [0.15, 0.2) is 4.67 Å². The van der Waals surface area contributed by atoms with E-state index < -0.39 is 10.0 Å². The van der Waals surface area contributed by atoms with Gasteiger partial charge in [-0.15, -0.1) is 0 Å². The van der Waals surface area contributed by atoms with Gasteiger partial charge in [0, 0.05) is 18.7 Å². The lowest BCUT2D eigenvalue weighted by Crippen LogP contribution is -2.38. The normalized spacial score (nSPS) is 21.4. The van der Waals surface area contributed by atoms with E-state index in [1.807, 2.05) is 13.8 Å². The molecule has 0 radical (unpaired) electrons. The van der Waals surface area contributed by atoms with E-state index in [2.05, 4.69) is 15.9 Å². The minimum atomic E-state index is -3.52. The molecule has 1 aliphatic heterocycles. The van der Waals surface area contributed by atoms with Crippen LogP contribution in [0, 0.1) is 5.92 Å². The third-order valence-corrected chi connectivity index (χ3v) is 6.29. The molecule has 1 fully saturated rings. The number of nitrogens with zero attached hydrogens (tertiary/aromatic N) is 1. The molecule has 0 bridgehead atoms. The van der Waals surface area contributed by atoms with Crippen molar-refractivity contribution < 1.29 is 12.8 Å². The van der Waals surface area contributed by atoms with Gasteiger partial charge in [0.05, 0.1) is 6.54 Å². The van der Waals surface area contributed by atoms with E-state index in [-0.39, 0.29) is 22.2 Å². The minimum absolute atomic E-state index is 0.0631. The van der Waals surface area contributed by atoms with Gasteiger partial charge in [-0.3, -0.25) is 0 Å². The van der Waals surface area contributed by atoms with Crippen molar-refractivity contribution >= 4 is 26.0 Å². The molecule has 0 aliphatic carbocycles. The maximum atomic E-state index is 12.7. The molecule has 7 heteroatoms. The first kappa shape index (κ1) is 15.0. The van der Waals surface area contributed by atoms with Gasteiger partial charge in [-0.1, -0.05) is 13.8 Å². The number of rotatable bonds is 4. The van der Waals surface area contributed by atoms with Crippen molar-refractivity contribution in [2.24, 2.45) is 11.7 Å². The van der Waals surface area contributed by atoms with Crippen LogP contribution in [0.2, 0.25) is 0 Å². The van der Waals surface area contributed by atoms with E-state index in [4.69, 9.17) is 10.2 Å². The molecule has 0 saturated carbocycles. The number of furan rings is 1. The topological polar surface area (TPSA) is 76.5 Å². The third-order valence-electron chi connectivity index (χ3n) is 3.51. The molecule has 2 heterocycles. The van der Waals surface area contributed by atoms with Gasteiger partial charge in [-0.05, 0) is 34.7 Å². The van der Waals surface area contributed by atoms with E-state index in [1.54, 1.807) is 4.31 Å². The highest BCUT2D eigenvalue weighted by Crippen LogP contribution is 2.34. The van der Waals surface area contributed by atoms with Crippen molar-refractivity contribution in [2.45, 2.75) is 44.2 Å². The molecule has 2 rings (SSSR count). The van der Waals surface area contributed by atoms with Crippen LogP contribution in [0.5, 0.6) is 0 Å². The van der Waals surface area contributed by atoms with Crippen LogP contribution >= 0.6 is 15.9 Å². The van der Waals surface area contributed by atoms with E-state index >= 15 is 0 Å². The Morgan fingerprint density at radius 2 is 2.26 bits per heavy atom. The largest absolute Gasteiger partial charge is 0.452 e. The molecular formula is C12H19BrN2O3S. The summed E-state index contributed by atoms with van der Waals surface area (Å²) in [4.78, 5) is 0.181. The van der Waals surface area contributed by atoms with Gasteiger partial charge in [0.25, 0.3) is 0 Å². The molecule has 5 nitrogen and oxygen atoms in total.